The van der Waals surface area contributed by atoms with Crippen LogP contribution in [-0.4, -0.2) is 39.9 Å². The van der Waals surface area contributed by atoms with Crippen molar-refractivity contribution in [1.29, 1.82) is 0 Å². The Bertz CT molecular complexity index is 1130. The van der Waals surface area contributed by atoms with E-state index in [1.54, 1.807) is 22.9 Å². The summed E-state index contributed by atoms with van der Waals surface area (Å²) in [6, 6.07) is 6.64. The number of likely N-dealkylation sites (tertiary alicyclic amines) is 1. The summed E-state index contributed by atoms with van der Waals surface area (Å²) < 4.78 is 42.3. The third kappa shape index (κ3) is 3.43. The van der Waals surface area contributed by atoms with Gasteiger partial charge in [0.1, 0.15) is 6.17 Å². The van der Waals surface area contributed by atoms with Gasteiger partial charge in [0.25, 0.3) is 0 Å². The van der Waals surface area contributed by atoms with Gasteiger partial charge >= 0.3 is 6.03 Å². The van der Waals surface area contributed by atoms with Gasteiger partial charge in [0.15, 0.2) is 16.4 Å². The standard InChI is InChI=1S/C19H16F3N3O2S/c20-12-5-6-24(8-12)18(27)23-19-25(9-14(10-26)28-19)13-2-3-15-11(7-13)1-4-16(21)17(15)22/h1-4,7,9,12,26H,5-6,8,10H2/b23-19-. The highest BCUT2D eigenvalue weighted by atomic mass is 32.1. The number of urea groups is 1. The minimum atomic E-state index is -1.04. The van der Waals surface area contributed by atoms with Crippen molar-refractivity contribution in [3.05, 3.63) is 57.8 Å². The number of hydrogen-bond donors (Lipinski definition) is 1. The number of rotatable bonds is 2. The Morgan fingerprint density at radius 3 is 2.82 bits per heavy atom. The van der Waals surface area contributed by atoms with Crippen LogP contribution in [0.5, 0.6) is 0 Å². The van der Waals surface area contributed by atoms with Crippen molar-refractivity contribution in [2.24, 2.45) is 4.99 Å². The van der Waals surface area contributed by atoms with Crippen molar-refractivity contribution in [3.8, 4) is 5.69 Å². The predicted octanol–water partition coefficient (Wildman–Crippen LogP) is 3.53. The summed E-state index contributed by atoms with van der Waals surface area (Å²) in [6.45, 7) is 0.0853. The Hall–Kier alpha value is -2.65. The molecule has 0 saturated carbocycles. The van der Waals surface area contributed by atoms with E-state index in [-0.39, 0.29) is 18.5 Å². The van der Waals surface area contributed by atoms with E-state index in [0.717, 1.165) is 17.4 Å². The molecule has 4 rings (SSSR count). The van der Waals surface area contributed by atoms with Crippen molar-refractivity contribution in [2.45, 2.75) is 19.2 Å². The van der Waals surface area contributed by atoms with E-state index in [0.29, 0.717) is 33.7 Å². The van der Waals surface area contributed by atoms with E-state index in [1.165, 1.54) is 17.0 Å². The molecule has 1 N–H and O–H groups in total. The number of alkyl halides is 1. The summed E-state index contributed by atoms with van der Waals surface area (Å²) in [7, 11) is 0. The van der Waals surface area contributed by atoms with Crippen molar-refractivity contribution in [1.82, 2.24) is 9.47 Å². The minimum absolute atomic E-state index is 0.0153. The third-order valence-electron chi connectivity index (χ3n) is 4.62. The van der Waals surface area contributed by atoms with E-state index >= 15 is 0 Å². The van der Waals surface area contributed by atoms with Crippen LogP contribution >= 0.6 is 11.3 Å². The summed E-state index contributed by atoms with van der Waals surface area (Å²) >= 11 is 1.12. The Morgan fingerprint density at radius 1 is 1.29 bits per heavy atom. The molecular weight excluding hydrogens is 391 g/mol. The second-order valence-electron chi connectivity index (χ2n) is 6.50. The monoisotopic (exact) mass is 407 g/mol. The number of aliphatic hydroxyl groups is 1. The van der Waals surface area contributed by atoms with Gasteiger partial charge in [-0.05, 0) is 36.1 Å². The molecule has 0 bridgehead atoms. The van der Waals surface area contributed by atoms with Gasteiger partial charge in [-0.15, -0.1) is 0 Å². The fourth-order valence-electron chi connectivity index (χ4n) is 3.17. The van der Waals surface area contributed by atoms with Crippen LogP contribution in [-0.2, 0) is 6.61 Å². The lowest BCUT2D eigenvalue weighted by atomic mass is 10.1. The van der Waals surface area contributed by atoms with Gasteiger partial charge in [-0.3, -0.25) is 4.57 Å². The molecule has 0 spiro atoms. The molecule has 3 aromatic rings. The highest BCUT2D eigenvalue weighted by Crippen LogP contribution is 2.23. The van der Waals surface area contributed by atoms with Crippen LogP contribution in [0.1, 0.15) is 11.3 Å². The molecule has 1 aromatic heterocycles. The van der Waals surface area contributed by atoms with Gasteiger partial charge in [-0.1, -0.05) is 17.4 Å². The van der Waals surface area contributed by atoms with Gasteiger partial charge in [0.05, 0.1) is 18.0 Å². The zero-order valence-electron chi connectivity index (χ0n) is 14.6. The Kier molecular flexibility index (Phi) is 4.94. The number of carbonyl (C=O) groups excluding carboxylic acids is 1. The number of aliphatic hydroxyl groups excluding tert-OH is 1. The van der Waals surface area contributed by atoms with E-state index in [1.807, 2.05) is 0 Å². The van der Waals surface area contributed by atoms with Crippen molar-refractivity contribution >= 4 is 28.1 Å². The van der Waals surface area contributed by atoms with Gasteiger partial charge in [-0.2, -0.15) is 4.99 Å². The lowest BCUT2D eigenvalue weighted by molar-refractivity contribution is 0.213. The topological polar surface area (TPSA) is 57.8 Å². The number of thiazole rings is 1. The van der Waals surface area contributed by atoms with E-state index in [4.69, 9.17) is 0 Å². The van der Waals surface area contributed by atoms with Crippen molar-refractivity contribution < 1.29 is 23.1 Å². The molecule has 5 nitrogen and oxygen atoms in total. The second kappa shape index (κ2) is 7.40. The molecule has 1 aliphatic rings. The molecule has 2 amide bonds. The normalized spacial score (nSPS) is 17.6. The van der Waals surface area contributed by atoms with Crippen molar-refractivity contribution in [2.75, 3.05) is 13.1 Å². The lowest BCUT2D eigenvalue weighted by Gasteiger charge is -2.11. The molecule has 146 valence electrons. The SMILES string of the molecule is O=C(/N=c1\sc(CO)cn1-c1ccc2c(F)c(F)ccc2c1)N1CCC(F)C1. The molecule has 9 heteroatoms. The molecule has 1 atom stereocenters. The molecule has 0 aliphatic carbocycles. The summed E-state index contributed by atoms with van der Waals surface area (Å²) in [5.41, 5.74) is 0.575. The second-order valence-corrected chi connectivity index (χ2v) is 7.59. The first-order valence-electron chi connectivity index (χ1n) is 8.64. The predicted molar refractivity (Wildman–Crippen MR) is 99.0 cm³/mol. The maximum absolute atomic E-state index is 13.9. The molecule has 1 aliphatic heterocycles. The fourth-order valence-corrected chi connectivity index (χ4v) is 4.01. The van der Waals surface area contributed by atoms with Gasteiger partial charge in [0.2, 0.25) is 0 Å². The summed E-state index contributed by atoms with van der Waals surface area (Å²) in [5, 5.41) is 10.1. The van der Waals surface area contributed by atoms with E-state index in [9.17, 15) is 23.1 Å². The van der Waals surface area contributed by atoms with Gasteiger partial charge in [-0.25, -0.2) is 18.0 Å². The quantitative estimate of drug-likeness (QED) is 0.707. The zero-order valence-corrected chi connectivity index (χ0v) is 15.4. The van der Waals surface area contributed by atoms with E-state index in [2.05, 4.69) is 4.99 Å². The average molecular weight is 407 g/mol. The smallest absolute Gasteiger partial charge is 0.346 e. The Balaban J connectivity index is 1.78. The van der Waals surface area contributed by atoms with Gasteiger partial charge in [0, 0.05) is 23.8 Å². The molecule has 1 saturated heterocycles. The number of aromatic nitrogens is 1. The molecule has 2 aromatic carbocycles. The molecular formula is C19H16F3N3O2S. The maximum Gasteiger partial charge on any atom is 0.346 e. The highest BCUT2D eigenvalue weighted by molar-refractivity contribution is 7.09. The zero-order chi connectivity index (χ0) is 19.8. The first-order chi connectivity index (χ1) is 13.5. The van der Waals surface area contributed by atoms with Crippen LogP contribution in [0.2, 0.25) is 0 Å². The van der Waals surface area contributed by atoms with Crippen molar-refractivity contribution in [3.63, 3.8) is 0 Å². The summed E-state index contributed by atoms with van der Waals surface area (Å²) in [6.07, 6.45) is 0.874. The number of benzene rings is 2. The number of halogens is 3. The fraction of sp³-hybridized carbons (Fsp3) is 0.263. The number of fused-ring (bicyclic) bond motifs is 1. The number of hydrogen-bond acceptors (Lipinski definition) is 3. The van der Waals surface area contributed by atoms with Crippen LogP contribution in [0, 0.1) is 11.6 Å². The van der Waals surface area contributed by atoms with Crippen LogP contribution in [0.4, 0.5) is 18.0 Å². The van der Waals surface area contributed by atoms with Crippen LogP contribution in [0.15, 0.2) is 41.5 Å². The molecule has 28 heavy (non-hydrogen) atoms. The Labute approximate surface area is 162 Å². The van der Waals surface area contributed by atoms with Crippen LogP contribution in [0.3, 0.4) is 0 Å². The van der Waals surface area contributed by atoms with Crippen LogP contribution in [0.25, 0.3) is 16.5 Å². The largest absolute Gasteiger partial charge is 0.391 e. The lowest BCUT2D eigenvalue weighted by Crippen LogP contribution is -2.28. The maximum atomic E-state index is 13.9. The third-order valence-corrected chi connectivity index (χ3v) is 5.59. The minimum Gasteiger partial charge on any atom is -0.391 e. The van der Waals surface area contributed by atoms with Crippen LogP contribution < -0.4 is 4.80 Å². The highest BCUT2D eigenvalue weighted by Gasteiger charge is 2.25. The molecule has 0 radical (unpaired) electrons. The summed E-state index contributed by atoms with van der Waals surface area (Å²) in [4.78, 5) is 18.7. The molecule has 1 unspecified atom stereocenters. The summed E-state index contributed by atoms with van der Waals surface area (Å²) in [5.74, 6) is -1.85. The first kappa shape index (κ1) is 18.7. The molecule has 2 heterocycles. The first-order valence-corrected chi connectivity index (χ1v) is 9.46. The number of nitrogens with zero attached hydrogens (tertiary/aromatic N) is 3. The Morgan fingerprint density at radius 2 is 2.11 bits per heavy atom. The average Bonchev–Trinajstić information content (AvgIpc) is 3.30. The molecule has 1 fully saturated rings. The van der Waals surface area contributed by atoms with E-state index < -0.39 is 23.8 Å². The number of amides is 2. The van der Waals surface area contributed by atoms with Gasteiger partial charge < -0.3 is 10.0 Å². The number of carbonyl (C=O) groups is 1.